The minimum Gasteiger partial charge on any atom is -0.434 e. The fourth-order valence-corrected chi connectivity index (χ4v) is 4.24. The number of benzene rings is 1. The maximum Gasteiger partial charge on any atom is 0.239 e. The van der Waals surface area contributed by atoms with Crippen molar-refractivity contribution < 1.29 is 9.13 Å². The first-order chi connectivity index (χ1) is 10.4. The third-order valence-electron chi connectivity index (χ3n) is 5.98. The highest BCUT2D eigenvalue weighted by molar-refractivity contribution is 5.46. The Labute approximate surface area is 129 Å². The number of hydrogen-bond donors (Lipinski definition) is 0. The Balaban J connectivity index is 1.74. The Hall–Kier alpha value is -1.97. The van der Waals surface area contributed by atoms with Crippen LogP contribution in [0, 0.1) is 11.2 Å². The maximum atomic E-state index is 13.7. The van der Waals surface area contributed by atoms with E-state index < -0.39 is 5.82 Å². The van der Waals surface area contributed by atoms with Crippen LogP contribution in [0.2, 0.25) is 0 Å². The Morgan fingerprint density at radius 3 is 2.73 bits per heavy atom. The third-order valence-corrected chi connectivity index (χ3v) is 5.98. The van der Waals surface area contributed by atoms with Crippen molar-refractivity contribution in [1.29, 1.82) is 0 Å². The summed E-state index contributed by atoms with van der Waals surface area (Å²) in [5, 5.41) is 8.62. The molecule has 0 N–H and O–H groups in total. The molecule has 3 nitrogen and oxygen atoms in total. The molecule has 1 aromatic carbocycles. The fourth-order valence-electron chi connectivity index (χ4n) is 4.24. The quantitative estimate of drug-likeness (QED) is 0.813. The van der Waals surface area contributed by atoms with Gasteiger partial charge in [-0.15, -0.1) is 5.10 Å². The maximum absolute atomic E-state index is 13.7. The van der Waals surface area contributed by atoms with Crippen molar-refractivity contribution in [1.82, 2.24) is 10.2 Å². The Morgan fingerprint density at radius 2 is 1.95 bits per heavy atom. The van der Waals surface area contributed by atoms with Gasteiger partial charge in [-0.2, -0.15) is 5.10 Å². The van der Waals surface area contributed by atoms with Crippen molar-refractivity contribution in [3.05, 3.63) is 47.4 Å². The number of fused-ring (bicyclic) bond motifs is 5. The second-order valence-electron chi connectivity index (χ2n) is 7.16. The molecule has 2 aromatic rings. The second-order valence-corrected chi connectivity index (χ2v) is 7.16. The zero-order chi connectivity index (χ0) is 15.5. The summed E-state index contributed by atoms with van der Waals surface area (Å²) in [6.07, 6.45) is 2.32. The molecule has 114 valence electrons. The van der Waals surface area contributed by atoms with E-state index in [-0.39, 0.29) is 16.6 Å². The van der Waals surface area contributed by atoms with Crippen molar-refractivity contribution in [2.24, 2.45) is 5.41 Å². The highest BCUT2D eigenvalue weighted by atomic mass is 19.1. The fraction of sp³-hybridized carbons (Fsp3) is 0.444. The molecule has 1 fully saturated rings. The van der Waals surface area contributed by atoms with E-state index >= 15 is 0 Å². The summed E-state index contributed by atoms with van der Waals surface area (Å²) in [4.78, 5) is 0. The molecular weight excluding hydrogens is 279 g/mol. The summed E-state index contributed by atoms with van der Waals surface area (Å²) < 4.78 is 19.3. The van der Waals surface area contributed by atoms with Gasteiger partial charge in [0.1, 0.15) is 0 Å². The molecule has 2 aliphatic rings. The van der Waals surface area contributed by atoms with Gasteiger partial charge in [-0.05, 0) is 41.9 Å². The molecule has 2 aliphatic carbocycles. The molecule has 1 aromatic heterocycles. The van der Waals surface area contributed by atoms with Gasteiger partial charge in [-0.3, -0.25) is 0 Å². The molecule has 2 atom stereocenters. The van der Waals surface area contributed by atoms with Crippen molar-refractivity contribution >= 4 is 0 Å². The van der Waals surface area contributed by atoms with E-state index in [0.717, 1.165) is 12.1 Å². The number of para-hydroxylation sites is 1. The van der Waals surface area contributed by atoms with E-state index in [1.807, 2.05) is 6.07 Å². The topological polar surface area (TPSA) is 35.0 Å². The lowest BCUT2D eigenvalue weighted by Crippen LogP contribution is -2.32. The van der Waals surface area contributed by atoms with Crippen molar-refractivity contribution in [2.45, 2.75) is 44.9 Å². The van der Waals surface area contributed by atoms with Gasteiger partial charge in [0.2, 0.25) is 5.88 Å². The molecule has 0 radical (unpaired) electrons. The van der Waals surface area contributed by atoms with Gasteiger partial charge in [-0.1, -0.05) is 32.9 Å². The zero-order valence-electron chi connectivity index (χ0n) is 13.1. The van der Waals surface area contributed by atoms with Gasteiger partial charge in [-0.25, -0.2) is 4.39 Å². The summed E-state index contributed by atoms with van der Waals surface area (Å²) in [5.41, 5.74) is 2.58. The summed E-state index contributed by atoms with van der Waals surface area (Å²) in [6, 6.07) is 8.31. The lowest BCUT2D eigenvalue weighted by molar-refractivity contribution is 0.226. The first-order valence-corrected chi connectivity index (χ1v) is 7.74. The van der Waals surface area contributed by atoms with Gasteiger partial charge in [0.15, 0.2) is 11.6 Å². The number of halogens is 1. The highest BCUT2D eigenvalue weighted by Crippen LogP contribution is 2.67. The van der Waals surface area contributed by atoms with E-state index in [1.54, 1.807) is 18.2 Å². The Kier molecular flexibility index (Phi) is 2.66. The molecular formula is C18H19FN2O. The molecule has 0 unspecified atom stereocenters. The van der Waals surface area contributed by atoms with E-state index in [1.165, 1.54) is 18.1 Å². The molecule has 0 aliphatic heterocycles. The van der Waals surface area contributed by atoms with Crippen LogP contribution in [0.25, 0.3) is 0 Å². The predicted molar refractivity (Wildman–Crippen MR) is 81.6 cm³/mol. The summed E-state index contributed by atoms with van der Waals surface area (Å²) in [5.74, 6) is 0.644. The largest absolute Gasteiger partial charge is 0.434 e. The summed E-state index contributed by atoms with van der Waals surface area (Å²) >= 11 is 0. The molecule has 1 saturated carbocycles. The normalized spacial score (nSPS) is 27.7. The van der Waals surface area contributed by atoms with Gasteiger partial charge in [0, 0.05) is 11.5 Å². The van der Waals surface area contributed by atoms with E-state index in [0.29, 0.717) is 11.8 Å². The van der Waals surface area contributed by atoms with Gasteiger partial charge < -0.3 is 4.74 Å². The molecule has 1 heterocycles. The summed E-state index contributed by atoms with van der Waals surface area (Å²) in [6.45, 7) is 6.90. The van der Waals surface area contributed by atoms with Crippen LogP contribution in [0.4, 0.5) is 4.39 Å². The summed E-state index contributed by atoms with van der Waals surface area (Å²) in [7, 11) is 0. The average Bonchev–Trinajstić information content (AvgIpc) is 2.81. The third kappa shape index (κ3) is 1.61. The standard InChI is InChI=1S/C18H19FN2O/c1-17(2)12-8-9-18(17,3)16-11(12)10-15(20-21-16)22-14-7-5-4-6-13(14)19/h4-7,10,12H,8-9H2,1-3H3/t12-,18+/m0/s1. The molecule has 4 heteroatoms. The highest BCUT2D eigenvalue weighted by Gasteiger charge is 2.60. The number of nitrogens with zero attached hydrogens (tertiary/aromatic N) is 2. The number of ether oxygens (including phenoxy) is 1. The lowest BCUT2D eigenvalue weighted by Gasteiger charge is -2.33. The molecule has 22 heavy (non-hydrogen) atoms. The van der Waals surface area contributed by atoms with Gasteiger partial charge in [0.25, 0.3) is 0 Å². The van der Waals surface area contributed by atoms with Crippen LogP contribution in [-0.4, -0.2) is 10.2 Å². The smallest absolute Gasteiger partial charge is 0.239 e. The van der Waals surface area contributed by atoms with E-state index in [2.05, 4.69) is 31.0 Å². The van der Waals surface area contributed by atoms with Crippen LogP contribution in [0.5, 0.6) is 11.6 Å². The predicted octanol–water partition coefficient (Wildman–Crippen LogP) is 4.58. The minimum absolute atomic E-state index is 0.0799. The average molecular weight is 298 g/mol. The van der Waals surface area contributed by atoms with Gasteiger partial charge in [0.05, 0.1) is 5.69 Å². The van der Waals surface area contributed by atoms with Crippen LogP contribution in [0.3, 0.4) is 0 Å². The van der Waals surface area contributed by atoms with Crippen molar-refractivity contribution in [3.63, 3.8) is 0 Å². The molecule has 0 saturated heterocycles. The van der Waals surface area contributed by atoms with E-state index in [9.17, 15) is 4.39 Å². The Morgan fingerprint density at radius 1 is 1.18 bits per heavy atom. The van der Waals surface area contributed by atoms with E-state index in [4.69, 9.17) is 4.74 Å². The van der Waals surface area contributed by atoms with Crippen LogP contribution >= 0.6 is 0 Å². The van der Waals surface area contributed by atoms with Gasteiger partial charge >= 0.3 is 0 Å². The number of aromatic nitrogens is 2. The number of rotatable bonds is 2. The lowest BCUT2D eigenvalue weighted by atomic mass is 9.70. The Bertz CT molecular complexity index is 759. The first kappa shape index (κ1) is 13.7. The minimum atomic E-state index is -0.390. The van der Waals surface area contributed by atoms with Crippen LogP contribution < -0.4 is 4.74 Å². The van der Waals surface area contributed by atoms with Crippen molar-refractivity contribution in [2.75, 3.05) is 0 Å². The second kappa shape index (κ2) is 4.28. The van der Waals surface area contributed by atoms with Crippen LogP contribution in [0.15, 0.2) is 30.3 Å². The number of hydrogen-bond acceptors (Lipinski definition) is 3. The van der Waals surface area contributed by atoms with Crippen LogP contribution in [0.1, 0.15) is 50.8 Å². The SMILES string of the molecule is CC1(C)[C@H]2CC[C@]1(C)c1nnc(Oc3ccccc3F)cc12. The molecule has 0 spiro atoms. The monoisotopic (exact) mass is 298 g/mol. The molecule has 0 amide bonds. The van der Waals surface area contributed by atoms with Crippen molar-refractivity contribution in [3.8, 4) is 11.6 Å². The molecule has 4 rings (SSSR count). The molecule has 2 bridgehead atoms. The first-order valence-electron chi connectivity index (χ1n) is 7.74. The van der Waals surface area contributed by atoms with Crippen LogP contribution in [-0.2, 0) is 5.41 Å². The zero-order valence-corrected chi connectivity index (χ0v) is 13.1.